The second-order valence-corrected chi connectivity index (χ2v) is 7.26. The van der Waals surface area contributed by atoms with Crippen molar-refractivity contribution in [3.05, 3.63) is 40.9 Å². The van der Waals surface area contributed by atoms with Crippen LogP contribution in [-0.4, -0.2) is 44.1 Å². The Morgan fingerprint density at radius 1 is 1.29 bits per heavy atom. The van der Waals surface area contributed by atoms with Gasteiger partial charge in [-0.1, -0.05) is 28.1 Å². The van der Waals surface area contributed by atoms with Crippen molar-refractivity contribution >= 4 is 32.6 Å². The molecule has 2 aromatic rings. The topological polar surface area (TPSA) is 41.6 Å². The van der Waals surface area contributed by atoms with Crippen molar-refractivity contribution in [1.82, 2.24) is 10.2 Å². The van der Waals surface area contributed by atoms with Crippen LogP contribution in [0, 0.1) is 5.92 Å². The summed E-state index contributed by atoms with van der Waals surface area (Å²) >= 11 is 3.47. The molecule has 0 aromatic heterocycles. The number of hydrogen-bond donors (Lipinski definition) is 1. The molecule has 0 saturated carbocycles. The molecular weight excluding hydrogens is 368 g/mol. The van der Waals surface area contributed by atoms with E-state index in [0.717, 1.165) is 47.0 Å². The van der Waals surface area contributed by atoms with Crippen LogP contribution >= 0.6 is 15.9 Å². The van der Waals surface area contributed by atoms with Crippen LogP contribution in [0.3, 0.4) is 0 Å². The van der Waals surface area contributed by atoms with Crippen molar-refractivity contribution in [2.45, 2.75) is 12.8 Å². The predicted octanol–water partition coefficient (Wildman–Crippen LogP) is 3.44. The highest BCUT2D eigenvalue weighted by Gasteiger charge is 2.23. The molecule has 1 aliphatic heterocycles. The fourth-order valence-electron chi connectivity index (χ4n) is 3.27. The van der Waals surface area contributed by atoms with Gasteiger partial charge in [-0.3, -0.25) is 4.79 Å². The Morgan fingerprint density at radius 2 is 2.08 bits per heavy atom. The number of nitrogens with zero attached hydrogens (tertiary/aromatic N) is 1. The molecule has 1 unspecified atom stereocenters. The third-order valence-electron chi connectivity index (χ3n) is 4.50. The molecule has 0 aliphatic carbocycles. The summed E-state index contributed by atoms with van der Waals surface area (Å²) in [5.41, 5.74) is 0. The molecule has 5 heteroatoms. The minimum Gasteiger partial charge on any atom is -0.484 e. The molecule has 128 valence electrons. The van der Waals surface area contributed by atoms with Gasteiger partial charge >= 0.3 is 0 Å². The highest BCUT2D eigenvalue weighted by atomic mass is 79.9. The molecule has 0 spiro atoms. The van der Waals surface area contributed by atoms with Gasteiger partial charge in [-0.25, -0.2) is 0 Å². The number of nitrogens with one attached hydrogen (secondary N) is 1. The maximum Gasteiger partial charge on any atom is 0.260 e. The second kappa shape index (κ2) is 7.99. The molecule has 0 bridgehead atoms. The molecule has 1 heterocycles. The average Bonchev–Trinajstić information content (AvgIpc) is 2.60. The van der Waals surface area contributed by atoms with Gasteiger partial charge in [0.15, 0.2) is 6.61 Å². The van der Waals surface area contributed by atoms with Crippen molar-refractivity contribution in [2.75, 3.05) is 33.3 Å². The van der Waals surface area contributed by atoms with Crippen LogP contribution in [-0.2, 0) is 4.79 Å². The zero-order chi connectivity index (χ0) is 16.9. The summed E-state index contributed by atoms with van der Waals surface area (Å²) in [6.45, 7) is 2.74. The van der Waals surface area contributed by atoms with Crippen LogP contribution in [0.4, 0.5) is 0 Å². The second-order valence-electron chi connectivity index (χ2n) is 6.35. The van der Waals surface area contributed by atoms with Crippen molar-refractivity contribution in [1.29, 1.82) is 0 Å². The number of halogens is 1. The van der Waals surface area contributed by atoms with Gasteiger partial charge in [0.2, 0.25) is 0 Å². The Bertz CT molecular complexity index is 718. The van der Waals surface area contributed by atoms with Gasteiger partial charge in [0.1, 0.15) is 5.75 Å². The van der Waals surface area contributed by atoms with E-state index in [1.165, 1.54) is 6.42 Å². The number of amides is 1. The van der Waals surface area contributed by atoms with Gasteiger partial charge in [0.25, 0.3) is 5.91 Å². The SMILES string of the molecule is CNCC1CCCN(C(=O)COc2ccc3cc(Br)ccc3c2)C1. The van der Waals surface area contributed by atoms with E-state index >= 15 is 0 Å². The van der Waals surface area contributed by atoms with Gasteiger partial charge in [-0.15, -0.1) is 0 Å². The van der Waals surface area contributed by atoms with Crippen LogP contribution in [0.5, 0.6) is 5.75 Å². The minimum absolute atomic E-state index is 0.0757. The van der Waals surface area contributed by atoms with E-state index in [1.54, 1.807) is 0 Å². The van der Waals surface area contributed by atoms with Crippen LogP contribution in [0.25, 0.3) is 10.8 Å². The number of carbonyl (C=O) groups is 1. The summed E-state index contributed by atoms with van der Waals surface area (Å²) in [7, 11) is 1.96. The van der Waals surface area contributed by atoms with E-state index in [2.05, 4.69) is 27.3 Å². The fourth-order valence-corrected chi connectivity index (χ4v) is 3.65. The van der Waals surface area contributed by atoms with Crippen LogP contribution in [0.2, 0.25) is 0 Å². The molecule has 1 N–H and O–H groups in total. The van der Waals surface area contributed by atoms with Crippen molar-refractivity contribution in [3.63, 3.8) is 0 Å². The van der Waals surface area contributed by atoms with Gasteiger partial charge in [-0.05, 0) is 67.4 Å². The lowest BCUT2D eigenvalue weighted by Gasteiger charge is -2.32. The zero-order valence-corrected chi connectivity index (χ0v) is 15.5. The number of benzene rings is 2. The number of rotatable bonds is 5. The smallest absolute Gasteiger partial charge is 0.260 e. The predicted molar refractivity (Wildman–Crippen MR) is 100 cm³/mol. The summed E-state index contributed by atoms with van der Waals surface area (Å²) in [5.74, 6) is 1.36. The lowest BCUT2D eigenvalue weighted by Crippen LogP contribution is -2.44. The largest absolute Gasteiger partial charge is 0.484 e. The standard InChI is InChI=1S/C19H23BrN2O2/c1-21-11-14-3-2-8-22(12-14)19(23)13-24-18-7-5-15-9-17(20)6-4-16(15)10-18/h4-7,9-10,14,21H,2-3,8,11-13H2,1H3. The van der Waals surface area contributed by atoms with Crippen molar-refractivity contribution < 1.29 is 9.53 Å². The molecular formula is C19H23BrN2O2. The third kappa shape index (κ3) is 4.28. The number of likely N-dealkylation sites (tertiary alicyclic amines) is 1. The number of ether oxygens (including phenoxy) is 1. The summed E-state index contributed by atoms with van der Waals surface area (Å²) < 4.78 is 6.79. The number of piperidine rings is 1. The maximum atomic E-state index is 12.4. The number of fused-ring (bicyclic) bond motifs is 1. The quantitative estimate of drug-likeness (QED) is 0.849. The van der Waals surface area contributed by atoms with Crippen molar-refractivity contribution in [3.8, 4) is 5.75 Å². The van der Waals surface area contributed by atoms with Crippen LogP contribution in [0.1, 0.15) is 12.8 Å². The number of hydrogen-bond acceptors (Lipinski definition) is 3. The first kappa shape index (κ1) is 17.2. The first-order valence-corrected chi connectivity index (χ1v) is 9.19. The molecule has 1 amide bonds. The molecule has 4 nitrogen and oxygen atoms in total. The molecule has 1 fully saturated rings. The molecule has 1 saturated heterocycles. The monoisotopic (exact) mass is 390 g/mol. The van der Waals surface area contributed by atoms with E-state index in [4.69, 9.17) is 4.74 Å². The van der Waals surface area contributed by atoms with Crippen LogP contribution in [0.15, 0.2) is 40.9 Å². The summed E-state index contributed by atoms with van der Waals surface area (Å²) in [6.07, 6.45) is 2.26. The molecule has 3 rings (SSSR count). The fraction of sp³-hybridized carbons (Fsp3) is 0.421. The molecule has 1 aliphatic rings. The summed E-state index contributed by atoms with van der Waals surface area (Å²) in [4.78, 5) is 14.3. The third-order valence-corrected chi connectivity index (χ3v) is 4.99. The summed E-state index contributed by atoms with van der Waals surface area (Å²) in [5, 5.41) is 5.46. The maximum absolute atomic E-state index is 12.4. The lowest BCUT2D eigenvalue weighted by atomic mass is 9.98. The van der Waals surface area contributed by atoms with Gasteiger partial charge in [0, 0.05) is 17.6 Å². The zero-order valence-electron chi connectivity index (χ0n) is 13.9. The normalized spacial score (nSPS) is 17.9. The lowest BCUT2D eigenvalue weighted by molar-refractivity contribution is -0.135. The van der Waals surface area contributed by atoms with Crippen LogP contribution < -0.4 is 10.1 Å². The van der Waals surface area contributed by atoms with E-state index < -0.39 is 0 Å². The van der Waals surface area contributed by atoms with E-state index in [0.29, 0.717) is 5.92 Å². The van der Waals surface area contributed by atoms with Gasteiger partial charge in [-0.2, -0.15) is 0 Å². The van der Waals surface area contributed by atoms with Crippen molar-refractivity contribution in [2.24, 2.45) is 5.92 Å². The minimum atomic E-state index is 0.0757. The Hall–Kier alpha value is -1.59. The molecule has 0 radical (unpaired) electrons. The van der Waals surface area contributed by atoms with E-state index in [-0.39, 0.29) is 12.5 Å². The van der Waals surface area contributed by atoms with Gasteiger partial charge < -0.3 is 15.0 Å². The highest BCUT2D eigenvalue weighted by molar-refractivity contribution is 9.10. The van der Waals surface area contributed by atoms with E-state index in [9.17, 15) is 4.79 Å². The molecule has 24 heavy (non-hydrogen) atoms. The Morgan fingerprint density at radius 3 is 2.92 bits per heavy atom. The first-order valence-electron chi connectivity index (χ1n) is 8.40. The Balaban J connectivity index is 1.58. The molecule has 1 atom stereocenters. The summed E-state index contributed by atoms with van der Waals surface area (Å²) in [6, 6.07) is 12.0. The average molecular weight is 391 g/mol. The van der Waals surface area contributed by atoms with Gasteiger partial charge in [0.05, 0.1) is 0 Å². The van der Waals surface area contributed by atoms with E-state index in [1.807, 2.05) is 42.3 Å². The number of carbonyl (C=O) groups excluding carboxylic acids is 1. The highest BCUT2D eigenvalue weighted by Crippen LogP contribution is 2.24. The first-order chi connectivity index (χ1) is 11.7. The molecule has 2 aromatic carbocycles. The Labute approximate surface area is 151 Å². The Kier molecular flexibility index (Phi) is 5.74.